The molecule has 0 unspecified atom stereocenters. The van der Waals surface area contributed by atoms with Gasteiger partial charge in [0.15, 0.2) is 0 Å². The second-order valence-electron chi connectivity index (χ2n) is 3.32. The molecule has 1 heterocycles. The molecule has 15 heavy (non-hydrogen) atoms. The van der Waals surface area contributed by atoms with Crippen LogP contribution in [0.4, 0.5) is 4.39 Å². The number of aliphatic hydroxyl groups excluding tert-OH is 1. The Morgan fingerprint density at radius 2 is 2.00 bits per heavy atom. The summed E-state index contributed by atoms with van der Waals surface area (Å²) in [5, 5.41) is 8.83. The van der Waals surface area contributed by atoms with Gasteiger partial charge in [-0.15, -0.1) is 0 Å². The Morgan fingerprint density at radius 3 is 2.60 bits per heavy atom. The number of aliphatic hydroxyl groups is 1. The van der Waals surface area contributed by atoms with Gasteiger partial charge in [0.1, 0.15) is 5.82 Å². The predicted octanol–water partition coefficient (Wildman–Crippen LogP) is 1.56. The van der Waals surface area contributed by atoms with E-state index in [1.54, 1.807) is 24.7 Å². The van der Waals surface area contributed by atoms with E-state index in [1.165, 1.54) is 12.1 Å². The molecular formula is C11H11FN2O. The summed E-state index contributed by atoms with van der Waals surface area (Å²) in [5.41, 5.74) is 1.63. The number of benzene rings is 1. The fourth-order valence-corrected chi connectivity index (χ4v) is 1.38. The fourth-order valence-electron chi connectivity index (χ4n) is 1.38. The standard InChI is InChI=1S/C11H11FN2O/c12-10-3-1-9(2-4-10)5-14-6-11(7-15)13-8-14/h1-4,6,8,15H,5,7H2. The van der Waals surface area contributed by atoms with Crippen LogP contribution in [0.1, 0.15) is 11.3 Å². The van der Waals surface area contributed by atoms with Crippen LogP contribution in [0.5, 0.6) is 0 Å². The molecule has 0 aliphatic rings. The maximum atomic E-state index is 12.6. The average Bonchev–Trinajstić information content (AvgIpc) is 2.69. The Hall–Kier alpha value is -1.68. The molecule has 0 atom stereocenters. The molecule has 78 valence electrons. The van der Waals surface area contributed by atoms with Crippen LogP contribution in [0.15, 0.2) is 36.8 Å². The van der Waals surface area contributed by atoms with Gasteiger partial charge in [0.2, 0.25) is 0 Å². The number of hydrogen-bond donors (Lipinski definition) is 1. The third-order valence-corrected chi connectivity index (χ3v) is 2.13. The molecule has 0 radical (unpaired) electrons. The largest absolute Gasteiger partial charge is 0.390 e. The molecule has 0 aliphatic heterocycles. The van der Waals surface area contributed by atoms with E-state index in [0.29, 0.717) is 12.2 Å². The average molecular weight is 206 g/mol. The van der Waals surface area contributed by atoms with Gasteiger partial charge in [-0.25, -0.2) is 9.37 Å². The molecule has 1 aromatic heterocycles. The number of halogens is 1. The molecule has 0 fully saturated rings. The van der Waals surface area contributed by atoms with E-state index in [1.807, 2.05) is 4.57 Å². The maximum Gasteiger partial charge on any atom is 0.123 e. The van der Waals surface area contributed by atoms with Crippen molar-refractivity contribution in [2.45, 2.75) is 13.2 Å². The molecule has 4 heteroatoms. The molecule has 0 amide bonds. The van der Waals surface area contributed by atoms with E-state index in [2.05, 4.69) is 4.98 Å². The lowest BCUT2D eigenvalue weighted by atomic mass is 10.2. The van der Waals surface area contributed by atoms with Crippen LogP contribution < -0.4 is 0 Å². The SMILES string of the molecule is OCc1cn(Cc2ccc(F)cc2)cn1. The quantitative estimate of drug-likeness (QED) is 0.827. The molecule has 0 aliphatic carbocycles. The van der Waals surface area contributed by atoms with Crippen LogP contribution in [0.25, 0.3) is 0 Å². The highest BCUT2D eigenvalue weighted by atomic mass is 19.1. The molecule has 0 saturated carbocycles. The maximum absolute atomic E-state index is 12.6. The highest BCUT2D eigenvalue weighted by Gasteiger charge is 1.98. The van der Waals surface area contributed by atoms with Crippen LogP contribution in [-0.4, -0.2) is 14.7 Å². The van der Waals surface area contributed by atoms with Crippen LogP contribution in [0.2, 0.25) is 0 Å². The predicted molar refractivity (Wildman–Crippen MR) is 53.7 cm³/mol. The monoisotopic (exact) mass is 206 g/mol. The lowest BCUT2D eigenvalue weighted by molar-refractivity contribution is 0.277. The van der Waals surface area contributed by atoms with Crippen molar-refractivity contribution < 1.29 is 9.50 Å². The van der Waals surface area contributed by atoms with Gasteiger partial charge in [-0.05, 0) is 17.7 Å². The van der Waals surface area contributed by atoms with Gasteiger partial charge >= 0.3 is 0 Å². The van der Waals surface area contributed by atoms with Crippen molar-refractivity contribution in [1.82, 2.24) is 9.55 Å². The highest BCUT2D eigenvalue weighted by Crippen LogP contribution is 2.06. The van der Waals surface area contributed by atoms with Crippen LogP contribution in [0.3, 0.4) is 0 Å². The van der Waals surface area contributed by atoms with Gasteiger partial charge < -0.3 is 9.67 Å². The summed E-state index contributed by atoms with van der Waals surface area (Å²) >= 11 is 0. The van der Waals surface area contributed by atoms with Crippen molar-refractivity contribution in [3.8, 4) is 0 Å². The van der Waals surface area contributed by atoms with Gasteiger partial charge in [0.05, 0.1) is 18.6 Å². The molecular weight excluding hydrogens is 195 g/mol. The van der Waals surface area contributed by atoms with Crippen LogP contribution in [0, 0.1) is 5.82 Å². The molecule has 0 spiro atoms. The van der Waals surface area contributed by atoms with E-state index >= 15 is 0 Å². The number of rotatable bonds is 3. The highest BCUT2D eigenvalue weighted by molar-refractivity contribution is 5.16. The Bertz CT molecular complexity index is 436. The minimum Gasteiger partial charge on any atom is -0.390 e. The van der Waals surface area contributed by atoms with Crippen molar-refractivity contribution in [3.63, 3.8) is 0 Å². The minimum atomic E-state index is -0.236. The first-order valence-electron chi connectivity index (χ1n) is 4.64. The van der Waals surface area contributed by atoms with E-state index in [9.17, 15) is 4.39 Å². The summed E-state index contributed by atoms with van der Waals surface area (Å²) < 4.78 is 14.5. The van der Waals surface area contributed by atoms with Gasteiger partial charge in [0.25, 0.3) is 0 Å². The number of hydrogen-bond acceptors (Lipinski definition) is 2. The first-order chi connectivity index (χ1) is 7.28. The van der Waals surface area contributed by atoms with E-state index in [0.717, 1.165) is 5.56 Å². The zero-order valence-corrected chi connectivity index (χ0v) is 8.10. The zero-order valence-electron chi connectivity index (χ0n) is 8.10. The minimum absolute atomic E-state index is 0.0591. The first-order valence-corrected chi connectivity index (χ1v) is 4.64. The second-order valence-corrected chi connectivity index (χ2v) is 3.32. The number of nitrogens with zero attached hydrogens (tertiary/aromatic N) is 2. The van der Waals surface area contributed by atoms with Crippen LogP contribution in [-0.2, 0) is 13.2 Å². The Morgan fingerprint density at radius 1 is 1.27 bits per heavy atom. The van der Waals surface area contributed by atoms with Gasteiger partial charge in [-0.3, -0.25) is 0 Å². The van der Waals surface area contributed by atoms with Crippen molar-refractivity contribution in [2.75, 3.05) is 0 Å². The summed E-state index contributed by atoms with van der Waals surface area (Å²) in [5.74, 6) is -0.236. The summed E-state index contributed by atoms with van der Waals surface area (Å²) in [4.78, 5) is 3.99. The molecule has 0 bridgehead atoms. The molecule has 3 nitrogen and oxygen atoms in total. The third kappa shape index (κ3) is 2.41. The van der Waals surface area contributed by atoms with Crippen molar-refractivity contribution in [2.24, 2.45) is 0 Å². The third-order valence-electron chi connectivity index (χ3n) is 2.13. The Labute approximate surface area is 86.8 Å². The summed E-state index contributed by atoms with van der Waals surface area (Å²) in [7, 11) is 0. The van der Waals surface area contributed by atoms with E-state index in [4.69, 9.17) is 5.11 Å². The molecule has 1 aromatic carbocycles. The van der Waals surface area contributed by atoms with Crippen molar-refractivity contribution in [3.05, 3.63) is 53.9 Å². The molecule has 2 rings (SSSR count). The Kier molecular flexibility index (Phi) is 2.78. The summed E-state index contributed by atoms with van der Waals surface area (Å²) in [6, 6.07) is 6.32. The summed E-state index contributed by atoms with van der Waals surface area (Å²) in [6.45, 7) is 0.573. The molecule has 0 saturated heterocycles. The van der Waals surface area contributed by atoms with Crippen molar-refractivity contribution in [1.29, 1.82) is 0 Å². The lowest BCUT2D eigenvalue weighted by Crippen LogP contribution is -1.96. The van der Waals surface area contributed by atoms with Gasteiger partial charge in [-0.1, -0.05) is 12.1 Å². The van der Waals surface area contributed by atoms with E-state index < -0.39 is 0 Å². The van der Waals surface area contributed by atoms with Crippen LogP contribution >= 0.6 is 0 Å². The zero-order chi connectivity index (χ0) is 10.7. The van der Waals surface area contributed by atoms with E-state index in [-0.39, 0.29) is 12.4 Å². The lowest BCUT2D eigenvalue weighted by Gasteiger charge is -2.01. The molecule has 2 aromatic rings. The first kappa shape index (κ1) is 9.86. The normalized spacial score (nSPS) is 10.5. The summed E-state index contributed by atoms with van der Waals surface area (Å²) in [6.07, 6.45) is 3.41. The van der Waals surface area contributed by atoms with Gasteiger partial charge in [0, 0.05) is 12.7 Å². The van der Waals surface area contributed by atoms with Gasteiger partial charge in [-0.2, -0.15) is 0 Å². The van der Waals surface area contributed by atoms with Crippen molar-refractivity contribution >= 4 is 0 Å². The fraction of sp³-hybridized carbons (Fsp3) is 0.182. The Balaban J connectivity index is 2.11. The number of aromatic nitrogens is 2. The number of imidazole rings is 1. The smallest absolute Gasteiger partial charge is 0.123 e. The topological polar surface area (TPSA) is 38.0 Å². The second kappa shape index (κ2) is 4.23. The molecule has 1 N–H and O–H groups in total.